The lowest BCUT2D eigenvalue weighted by Crippen LogP contribution is -2.18. The third-order valence-corrected chi connectivity index (χ3v) is 3.84. The van der Waals surface area contributed by atoms with Crippen molar-refractivity contribution < 1.29 is 0 Å². The maximum Gasteiger partial charge on any atom is 0.0359 e. The number of hydrogen-bond donors (Lipinski definition) is 1. The van der Waals surface area contributed by atoms with Crippen molar-refractivity contribution in [3.63, 3.8) is 0 Å². The molecule has 0 aliphatic rings. The van der Waals surface area contributed by atoms with Gasteiger partial charge in [0, 0.05) is 10.5 Å². The topological polar surface area (TPSA) is 12.0 Å². The van der Waals surface area contributed by atoms with Crippen molar-refractivity contribution in [2.75, 3.05) is 7.05 Å². The van der Waals surface area contributed by atoms with E-state index in [1.165, 1.54) is 11.1 Å². The first-order valence-electron chi connectivity index (χ1n) is 5.23. The van der Waals surface area contributed by atoms with E-state index in [-0.39, 0.29) is 0 Å². The SMILES string of the molecule is CNC(Cc1ccsc1)c1cccc(Br)c1. The highest BCUT2D eigenvalue weighted by Crippen LogP contribution is 2.22. The maximum atomic E-state index is 3.51. The highest BCUT2D eigenvalue weighted by atomic mass is 79.9. The molecule has 0 amide bonds. The van der Waals surface area contributed by atoms with Gasteiger partial charge in [-0.15, -0.1) is 0 Å². The molecule has 0 bridgehead atoms. The summed E-state index contributed by atoms with van der Waals surface area (Å²) in [6.45, 7) is 0. The van der Waals surface area contributed by atoms with Crippen LogP contribution in [0.4, 0.5) is 0 Å². The van der Waals surface area contributed by atoms with Crippen LogP contribution in [0, 0.1) is 0 Å². The number of thiophene rings is 1. The van der Waals surface area contributed by atoms with Crippen molar-refractivity contribution in [1.29, 1.82) is 0 Å². The number of benzene rings is 1. The van der Waals surface area contributed by atoms with Gasteiger partial charge in [-0.3, -0.25) is 0 Å². The second-order valence-corrected chi connectivity index (χ2v) is 5.43. The van der Waals surface area contributed by atoms with Crippen LogP contribution in [0.3, 0.4) is 0 Å². The van der Waals surface area contributed by atoms with Gasteiger partial charge in [-0.1, -0.05) is 28.1 Å². The Hall–Kier alpha value is -0.640. The smallest absolute Gasteiger partial charge is 0.0359 e. The molecule has 0 fully saturated rings. The normalized spacial score (nSPS) is 12.6. The summed E-state index contributed by atoms with van der Waals surface area (Å²) in [7, 11) is 2.01. The van der Waals surface area contributed by atoms with Gasteiger partial charge in [-0.05, 0) is 53.6 Å². The monoisotopic (exact) mass is 295 g/mol. The lowest BCUT2D eigenvalue weighted by molar-refractivity contribution is 0.592. The Morgan fingerprint density at radius 1 is 1.38 bits per heavy atom. The van der Waals surface area contributed by atoms with Crippen LogP contribution < -0.4 is 5.32 Å². The summed E-state index contributed by atoms with van der Waals surface area (Å²) >= 11 is 5.27. The summed E-state index contributed by atoms with van der Waals surface area (Å²) in [5.41, 5.74) is 2.72. The molecule has 0 spiro atoms. The van der Waals surface area contributed by atoms with Crippen LogP contribution in [0.15, 0.2) is 45.6 Å². The molecule has 0 saturated carbocycles. The largest absolute Gasteiger partial charge is 0.313 e. The zero-order chi connectivity index (χ0) is 11.4. The predicted molar refractivity (Wildman–Crippen MR) is 74.0 cm³/mol. The number of rotatable bonds is 4. The molecule has 3 heteroatoms. The van der Waals surface area contributed by atoms with Crippen molar-refractivity contribution in [3.8, 4) is 0 Å². The standard InChI is InChI=1S/C13H14BrNS/c1-15-13(7-10-5-6-16-9-10)11-3-2-4-12(14)8-11/h2-6,8-9,13,15H,7H2,1H3. The number of hydrogen-bond acceptors (Lipinski definition) is 2. The molecule has 1 heterocycles. The van der Waals surface area contributed by atoms with Gasteiger partial charge in [0.1, 0.15) is 0 Å². The van der Waals surface area contributed by atoms with Crippen LogP contribution in [0.25, 0.3) is 0 Å². The van der Waals surface area contributed by atoms with Gasteiger partial charge >= 0.3 is 0 Å². The van der Waals surface area contributed by atoms with E-state index in [0.717, 1.165) is 10.9 Å². The van der Waals surface area contributed by atoms with Crippen molar-refractivity contribution in [3.05, 3.63) is 56.7 Å². The summed E-state index contributed by atoms with van der Waals surface area (Å²) in [4.78, 5) is 0. The van der Waals surface area contributed by atoms with Gasteiger partial charge in [0.25, 0.3) is 0 Å². The molecule has 0 aliphatic heterocycles. The molecule has 1 N–H and O–H groups in total. The van der Waals surface area contributed by atoms with E-state index in [1.807, 2.05) is 7.05 Å². The van der Waals surface area contributed by atoms with Crippen molar-refractivity contribution in [1.82, 2.24) is 5.32 Å². The van der Waals surface area contributed by atoms with Crippen LogP contribution in [0.1, 0.15) is 17.2 Å². The molecule has 84 valence electrons. The molecule has 1 aromatic carbocycles. The average molecular weight is 296 g/mol. The molecule has 0 radical (unpaired) electrons. The first kappa shape index (κ1) is 11.8. The van der Waals surface area contributed by atoms with E-state index in [2.05, 4.69) is 62.3 Å². The van der Waals surface area contributed by atoms with Gasteiger partial charge in [0.2, 0.25) is 0 Å². The Morgan fingerprint density at radius 2 is 2.25 bits per heavy atom. The van der Waals surface area contributed by atoms with Crippen LogP contribution in [-0.4, -0.2) is 7.05 Å². The molecule has 1 unspecified atom stereocenters. The molecule has 1 atom stereocenters. The van der Waals surface area contributed by atoms with E-state index in [0.29, 0.717) is 6.04 Å². The van der Waals surface area contributed by atoms with E-state index in [9.17, 15) is 0 Å². The van der Waals surface area contributed by atoms with Crippen LogP contribution in [-0.2, 0) is 6.42 Å². The summed E-state index contributed by atoms with van der Waals surface area (Å²) in [5, 5.41) is 7.71. The van der Waals surface area contributed by atoms with E-state index >= 15 is 0 Å². The van der Waals surface area contributed by atoms with Crippen molar-refractivity contribution in [2.24, 2.45) is 0 Å². The molecule has 2 aromatic rings. The summed E-state index contributed by atoms with van der Waals surface area (Å²) in [6, 6.07) is 11.0. The second kappa shape index (κ2) is 5.62. The minimum Gasteiger partial charge on any atom is -0.313 e. The molecule has 16 heavy (non-hydrogen) atoms. The molecule has 0 saturated heterocycles. The van der Waals surface area contributed by atoms with Crippen molar-refractivity contribution >= 4 is 27.3 Å². The molecule has 1 nitrogen and oxygen atoms in total. The zero-order valence-corrected chi connectivity index (χ0v) is 11.5. The van der Waals surface area contributed by atoms with Gasteiger partial charge in [0.05, 0.1) is 0 Å². The van der Waals surface area contributed by atoms with Gasteiger partial charge < -0.3 is 5.32 Å². The molecule has 0 aliphatic carbocycles. The Bertz CT molecular complexity index is 439. The molecule has 2 rings (SSSR count). The Kier molecular flexibility index (Phi) is 4.16. The van der Waals surface area contributed by atoms with Crippen LogP contribution >= 0.6 is 27.3 Å². The van der Waals surface area contributed by atoms with Gasteiger partial charge in [-0.2, -0.15) is 11.3 Å². The van der Waals surface area contributed by atoms with E-state index in [4.69, 9.17) is 0 Å². The number of halogens is 1. The summed E-state index contributed by atoms with van der Waals surface area (Å²) in [5.74, 6) is 0. The zero-order valence-electron chi connectivity index (χ0n) is 9.11. The lowest BCUT2D eigenvalue weighted by atomic mass is 10.0. The first-order chi connectivity index (χ1) is 7.79. The highest BCUT2D eigenvalue weighted by Gasteiger charge is 2.10. The number of likely N-dealkylation sites (N-methyl/N-ethyl adjacent to an activating group) is 1. The Balaban J connectivity index is 2.16. The molecular formula is C13H14BrNS. The quantitative estimate of drug-likeness (QED) is 0.898. The predicted octanol–water partition coefficient (Wildman–Crippen LogP) is 4.01. The van der Waals surface area contributed by atoms with E-state index in [1.54, 1.807) is 11.3 Å². The average Bonchev–Trinajstić information content (AvgIpc) is 2.78. The minimum absolute atomic E-state index is 0.382. The highest BCUT2D eigenvalue weighted by molar-refractivity contribution is 9.10. The molecular weight excluding hydrogens is 282 g/mol. The lowest BCUT2D eigenvalue weighted by Gasteiger charge is -2.16. The maximum absolute atomic E-state index is 3.51. The van der Waals surface area contributed by atoms with E-state index < -0.39 is 0 Å². The van der Waals surface area contributed by atoms with Crippen molar-refractivity contribution in [2.45, 2.75) is 12.5 Å². The minimum atomic E-state index is 0.382. The third-order valence-electron chi connectivity index (χ3n) is 2.62. The fraction of sp³-hybridized carbons (Fsp3) is 0.231. The van der Waals surface area contributed by atoms with Crippen LogP contribution in [0.2, 0.25) is 0 Å². The first-order valence-corrected chi connectivity index (χ1v) is 6.97. The Labute approximate surface area is 109 Å². The van der Waals surface area contributed by atoms with Crippen LogP contribution in [0.5, 0.6) is 0 Å². The fourth-order valence-corrected chi connectivity index (χ4v) is 2.85. The Morgan fingerprint density at radius 3 is 2.88 bits per heavy atom. The van der Waals surface area contributed by atoms with Gasteiger partial charge in [0.15, 0.2) is 0 Å². The summed E-state index contributed by atoms with van der Waals surface area (Å²) < 4.78 is 1.13. The fourth-order valence-electron chi connectivity index (χ4n) is 1.75. The number of nitrogens with one attached hydrogen (secondary N) is 1. The second-order valence-electron chi connectivity index (χ2n) is 3.73. The third kappa shape index (κ3) is 2.94. The van der Waals surface area contributed by atoms with Gasteiger partial charge in [-0.25, -0.2) is 0 Å². The molecule has 1 aromatic heterocycles. The summed E-state index contributed by atoms with van der Waals surface area (Å²) in [6.07, 6.45) is 1.04.